The zero-order valence-electron chi connectivity index (χ0n) is 15.3. The van der Waals surface area contributed by atoms with E-state index in [4.69, 9.17) is 0 Å². The van der Waals surface area contributed by atoms with Crippen LogP contribution in [-0.4, -0.2) is 52.2 Å². The van der Waals surface area contributed by atoms with Gasteiger partial charge in [-0.2, -0.15) is 9.40 Å². The molecule has 1 atom stereocenters. The van der Waals surface area contributed by atoms with Crippen molar-refractivity contribution in [2.24, 2.45) is 7.05 Å². The lowest BCUT2D eigenvalue weighted by atomic mass is 10.0. The first-order chi connectivity index (χ1) is 12.2. The number of hydrogen-bond acceptors (Lipinski definition) is 6. The molecule has 8 nitrogen and oxygen atoms in total. The van der Waals surface area contributed by atoms with Crippen LogP contribution in [0.25, 0.3) is 0 Å². The van der Waals surface area contributed by atoms with E-state index in [0.29, 0.717) is 18.8 Å². The Morgan fingerprint density at radius 2 is 2.12 bits per heavy atom. The van der Waals surface area contributed by atoms with Crippen molar-refractivity contribution >= 4 is 33.1 Å². The SMILES string of the molecule is Cc1cc(N2CCCC(N(Cc3cnc(C)s3)S(C)(=O)=O)C2=O)n(C)n1. The molecule has 1 fully saturated rings. The molecule has 2 aromatic heterocycles. The molecule has 1 unspecified atom stereocenters. The summed E-state index contributed by atoms with van der Waals surface area (Å²) in [7, 11) is -1.77. The maximum absolute atomic E-state index is 13.1. The van der Waals surface area contributed by atoms with Gasteiger partial charge in [0.1, 0.15) is 11.9 Å². The standard InChI is InChI=1S/C16H23N5O3S2/c1-11-8-15(19(3)18-11)20-7-5-6-14(16(20)22)21(26(4,23)24)10-13-9-17-12(2)25-13/h8-9,14H,5-7,10H2,1-4H3. The molecule has 10 heteroatoms. The number of hydrogen-bond donors (Lipinski definition) is 0. The van der Waals surface area contributed by atoms with E-state index in [9.17, 15) is 13.2 Å². The number of carbonyl (C=O) groups excluding carboxylic acids is 1. The number of thiazole rings is 1. The quantitative estimate of drug-likeness (QED) is 0.762. The number of carbonyl (C=O) groups is 1. The van der Waals surface area contributed by atoms with Crippen LogP contribution in [-0.2, 0) is 28.4 Å². The minimum Gasteiger partial charge on any atom is -0.296 e. The lowest BCUT2D eigenvalue weighted by molar-refractivity contribution is -0.123. The lowest BCUT2D eigenvalue weighted by Gasteiger charge is -2.36. The summed E-state index contributed by atoms with van der Waals surface area (Å²) < 4.78 is 27.8. The van der Waals surface area contributed by atoms with E-state index in [0.717, 1.165) is 28.3 Å². The second-order valence-electron chi connectivity index (χ2n) is 6.57. The largest absolute Gasteiger partial charge is 0.296 e. The van der Waals surface area contributed by atoms with Gasteiger partial charge in [0.15, 0.2) is 0 Å². The fraction of sp³-hybridized carbons (Fsp3) is 0.562. The van der Waals surface area contributed by atoms with Gasteiger partial charge in [-0.05, 0) is 26.7 Å². The van der Waals surface area contributed by atoms with Gasteiger partial charge < -0.3 is 0 Å². The summed E-state index contributed by atoms with van der Waals surface area (Å²) in [6.07, 6.45) is 4.07. The van der Waals surface area contributed by atoms with Crippen LogP contribution in [0.4, 0.5) is 5.82 Å². The number of aromatic nitrogens is 3. The van der Waals surface area contributed by atoms with Crippen molar-refractivity contribution in [1.82, 2.24) is 19.1 Å². The Morgan fingerprint density at radius 1 is 1.38 bits per heavy atom. The number of nitrogens with zero attached hydrogens (tertiary/aromatic N) is 5. The molecule has 26 heavy (non-hydrogen) atoms. The number of amides is 1. The molecule has 0 aromatic carbocycles. The van der Waals surface area contributed by atoms with E-state index < -0.39 is 16.1 Å². The van der Waals surface area contributed by atoms with Gasteiger partial charge in [0.2, 0.25) is 15.9 Å². The first-order valence-electron chi connectivity index (χ1n) is 8.37. The van der Waals surface area contributed by atoms with E-state index in [-0.39, 0.29) is 12.5 Å². The molecule has 0 aliphatic carbocycles. The van der Waals surface area contributed by atoms with Crippen molar-refractivity contribution < 1.29 is 13.2 Å². The van der Waals surface area contributed by atoms with Crippen LogP contribution in [0.2, 0.25) is 0 Å². The zero-order valence-corrected chi connectivity index (χ0v) is 17.0. The van der Waals surface area contributed by atoms with Crippen LogP contribution in [0.3, 0.4) is 0 Å². The summed E-state index contributed by atoms with van der Waals surface area (Å²) >= 11 is 1.44. The molecule has 0 N–H and O–H groups in total. The second-order valence-corrected chi connectivity index (χ2v) is 9.82. The van der Waals surface area contributed by atoms with Crippen LogP contribution >= 0.6 is 11.3 Å². The fourth-order valence-electron chi connectivity index (χ4n) is 3.29. The molecular formula is C16H23N5O3S2. The third-order valence-electron chi connectivity index (χ3n) is 4.42. The zero-order chi connectivity index (χ0) is 19.1. The van der Waals surface area contributed by atoms with Gasteiger partial charge in [-0.1, -0.05) is 0 Å². The Morgan fingerprint density at radius 3 is 2.65 bits per heavy atom. The summed E-state index contributed by atoms with van der Waals surface area (Å²) in [5.41, 5.74) is 0.817. The number of piperidine rings is 1. The fourth-order valence-corrected chi connectivity index (χ4v) is 5.20. The van der Waals surface area contributed by atoms with Crippen molar-refractivity contribution in [2.45, 2.75) is 39.3 Å². The van der Waals surface area contributed by atoms with E-state index >= 15 is 0 Å². The van der Waals surface area contributed by atoms with Gasteiger partial charge in [-0.25, -0.2) is 13.4 Å². The van der Waals surface area contributed by atoms with Crippen LogP contribution in [0, 0.1) is 13.8 Å². The van der Waals surface area contributed by atoms with Crippen LogP contribution in [0.15, 0.2) is 12.3 Å². The smallest absolute Gasteiger partial charge is 0.246 e. The number of aryl methyl sites for hydroxylation is 3. The molecular weight excluding hydrogens is 374 g/mol. The predicted molar refractivity (Wildman–Crippen MR) is 101 cm³/mol. The number of sulfonamides is 1. The molecule has 0 radical (unpaired) electrons. The van der Waals surface area contributed by atoms with Gasteiger partial charge in [-0.15, -0.1) is 11.3 Å². The molecule has 0 saturated carbocycles. The highest BCUT2D eigenvalue weighted by molar-refractivity contribution is 7.88. The van der Waals surface area contributed by atoms with Crippen molar-refractivity contribution in [1.29, 1.82) is 0 Å². The Kier molecular flexibility index (Phi) is 5.18. The molecule has 0 bridgehead atoms. The van der Waals surface area contributed by atoms with Gasteiger partial charge in [0, 0.05) is 30.7 Å². The van der Waals surface area contributed by atoms with Gasteiger partial charge in [0.05, 0.1) is 23.5 Å². The molecule has 1 aliphatic heterocycles. The van der Waals surface area contributed by atoms with Crippen molar-refractivity contribution in [3.63, 3.8) is 0 Å². The molecule has 3 rings (SSSR count). The Balaban J connectivity index is 1.91. The normalized spacial score (nSPS) is 18.7. The van der Waals surface area contributed by atoms with E-state index in [1.165, 1.54) is 15.6 Å². The van der Waals surface area contributed by atoms with Crippen LogP contribution in [0.5, 0.6) is 0 Å². The Labute approximate surface area is 157 Å². The van der Waals surface area contributed by atoms with Crippen molar-refractivity contribution in [3.8, 4) is 0 Å². The summed E-state index contributed by atoms with van der Waals surface area (Å²) in [5.74, 6) is 0.491. The Bertz CT molecular complexity index is 918. The second kappa shape index (κ2) is 7.09. The third-order valence-corrected chi connectivity index (χ3v) is 6.55. The van der Waals surface area contributed by atoms with E-state index in [1.54, 1.807) is 22.8 Å². The summed E-state index contributed by atoms with van der Waals surface area (Å²) in [5, 5.41) is 5.16. The maximum Gasteiger partial charge on any atom is 0.246 e. The molecule has 0 spiro atoms. The van der Waals surface area contributed by atoms with Gasteiger partial charge in [-0.3, -0.25) is 14.4 Å². The molecule has 142 valence electrons. The van der Waals surface area contributed by atoms with E-state index in [2.05, 4.69) is 10.1 Å². The number of anilines is 1. The topological polar surface area (TPSA) is 88.4 Å². The predicted octanol–water partition coefficient (Wildman–Crippen LogP) is 1.45. The summed E-state index contributed by atoms with van der Waals surface area (Å²) in [6.45, 7) is 4.46. The summed E-state index contributed by atoms with van der Waals surface area (Å²) in [6, 6.07) is 1.13. The maximum atomic E-state index is 13.1. The molecule has 3 heterocycles. The van der Waals surface area contributed by atoms with E-state index in [1.807, 2.05) is 19.9 Å². The molecule has 1 aliphatic rings. The van der Waals surface area contributed by atoms with Crippen molar-refractivity contribution in [3.05, 3.63) is 27.8 Å². The average molecular weight is 398 g/mol. The first-order valence-corrected chi connectivity index (χ1v) is 11.0. The highest BCUT2D eigenvalue weighted by Crippen LogP contribution is 2.27. The minimum absolute atomic E-state index is 0.166. The lowest BCUT2D eigenvalue weighted by Crippen LogP contribution is -2.54. The molecule has 1 amide bonds. The molecule has 2 aromatic rings. The minimum atomic E-state index is -3.55. The third kappa shape index (κ3) is 3.81. The molecule has 1 saturated heterocycles. The van der Waals surface area contributed by atoms with Crippen LogP contribution < -0.4 is 4.90 Å². The van der Waals surface area contributed by atoms with Crippen molar-refractivity contribution in [2.75, 3.05) is 17.7 Å². The Hall–Kier alpha value is -1.78. The highest BCUT2D eigenvalue weighted by atomic mass is 32.2. The summed E-state index contributed by atoms with van der Waals surface area (Å²) in [4.78, 5) is 19.8. The highest BCUT2D eigenvalue weighted by Gasteiger charge is 2.39. The first kappa shape index (κ1) is 19.0. The van der Waals surface area contributed by atoms with Gasteiger partial charge in [0.25, 0.3) is 0 Å². The number of rotatable bonds is 5. The monoisotopic (exact) mass is 397 g/mol. The van der Waals surface area contributed by atoms with Crippen LogP contribution in [0.1, 0.15) is 28.4 Å². The average Bonchev–Trinajstić information content (AvgIpc) is 3.09. The van der Waals surface area contributed by atoms with Gasteiger partial charge >= 0.3 is 0 Å².